The van der Waals surface area contributed by atoms with Gasteiger partial charge in [-0.25, -0.2) is 9.79 Å². The SMILES string of the molecule is CCNC(=NCc1ccc(OC)c(C(=O)OC)c1)NCc1ccc(OC)c(OC)c1.I. The van der Waals surface area contributed by atoms with E-state index in [0.29, 0.717) is 48.4 Å². The maximum atomic E-state index is 12.0. The van der Waals surface area contributed by atoms with Gasteiger partial charge in [0.05, 0.1) is 35.0 Å². The zero-order valence-electron chi connectivity index (χ0n) is 18.5. The van der Waals surface area contributed by atoms with Gasteiger partial charge in [-0.15, -0.1) is 24.0 Å². The summed E-state index contributed by atoms with van der Waals surface area (Å²) < 4.78 is 20.7. The number of hydrogen-bond acceptors (Lipinski definition) is 6. The first kappa shape index (κ1) is 26.3. The number of esters is 1. The fourth-order valence-electron chi connectivity index (χ4n) is 2.81. The fraction of sp³-hybridized carbons (Fsp3) is 0.364. The van der Waals surface area contributed by atoms with E-state index in [0.717, 1.165) is 11.1 Å². The Kier molecular flexibility index (Phi) is 11.5. The van der Waals surface area contributed by atoms with Crippen molar-refractivity contribution in [3.8, 4) is 17.2 Å². The highest BCUT2D eigenvalue weighted by Crippen LogP contribution is 2.27. The van der Waals surface area contributed by atoms with Crippen molar-refractivity contribution in [1.82, 2.24) is 10.6 Å². The Bertz CT molecular complexity index is 889. The van der Waals surface area contributed by atoms with Crippen molar-refractivity contribution in [3.63, 3.8) is 0 Å². The lowest BCUT2D eigenvalue weighted by atomic mass is 10.1. The maximum Gasteiger partial charge on any atom is 0.341 e. The van der Waals surface area contributed by atoms with Gasteiger partial charge in [-0.3, -0.25) is 0 Å². The number of rotatable bonds is 9. The summed E-state index contributed by atoms with van der Waals surface area (Å²) in [6, 6.07) is 11.1. The largest absolute Gasteiger partial charge is 0.496 e. The molecule has 2 N–H and O–H groups in total. The van der Waals surface area contributed by atoms with Gasteiger partial charge in [-0.1, -0.05) is 12.1 Å². The minimum absolute atomic E-state index is 0. The topological polar surface area (TPSA) is 90.4 Å². The average molecular weight is 543 g/mol. The van der Waals surface area contributed by atoms with Crippen molar-refractivity contribution >= 4 is 35.9 Å². The van der Waals surface area contributed by atoms with Crippen LogP contribution >= 0.6 is 24.0 Å². The summed E-state index contributed by atoms with van der Waals surface area (Å²) >= 11 is 0. The first-order valence-electron chi connectivity index (χ1n) is 9.54. The highest BCUT2D eigenvalue weighted by Gasteiger charge is 2.13. The molecule has 0 radical (unpaired) electrons. The zero-order chi connectivity index (χ0) is 21.9. The van der Waals surface area contributed by atoms with Gasteiger partial charge in [0.15, 0.2) is 17.5 Å². The van der Waals surface area contributed by atoms with Gasteiger partial charge < -0.3 is 29.6 Å². The van der Waals surface area contributed by atoms with Crippen molar-refractivity contribution in [2.75, 3.05) is 35.0 Å². The minimum atomic E-state index is -0.448. The Morgan fingerprint density at radius 3 is 2.13 bits per heavy atom. The third-order valence-electron chi connectivity index (χ3n) is 4.34. The molecule has 0 saturated carbocycles. The van der Waals surface area contributed by atoms with Crippen LogP contribution in [0.4, 0.5) is 0 Å². The first-order chi connectivity index (χ1) is 14.6. The molecule has 0 aromatic heterocycles. The fourth-order valence-corrected chi connectivity index (χ4v) is 2.81. The monoisotopic (exact) mass is 543 g/mol. The Balaban J connectivity index is 0.00000480. The summed E-state index contributed by atoms with van der Waals surface area (Å²) in [6.45, 7) is 3.65. The predicted octanol–water partition coefficient (Wildman–Crippen LogP) is 3.37. The summed E-state index contributed by atoms with van der Waals surface area (Å²) in [5, 5.41) is 6.51. The second kappa shape index (κ2) is 13.6. The highest BCUT2D eigenvalue weighted by atomic mass is 127. The van der Waals surface area contributed by atoms with E-state index in [4.69, 9.17) is 18.9 Å². The van der Waals surface area contributed by atoms with Crippen LogP contribution in [0, 0.1) is 0 Å². The lowest BCUT2D eigenvalue weighted by Crippen LogP contribution is -2.36. The Morgan fingerprint density at radius 2 is 1.52 bits per heavy atom. The van der Waals surface area contributed by atoms with Gasteiger partial charge in [0.2, 0.25) is 0 Å². The molecular formula is C22H30IN3O5. The molecule has 2 rings (SSSR count). The third-order valence-corrected chi connectivity index (χ3v) is 4.34. The minimum Gasteiger partial charge on any atom is -0.496 e. The zero-order valence-corrected chi connectivity index (χ0v) is 20.8. The Morgan fingerprint density at radius 1 is 0.871 bits per heavy atom. The van der Waals surface area contributed by atoms with Crippen molar-refractivity contribution in [3.05, 3.63) is 53.1 Å². The molecular weight excluding hydrogens is 513 g/mol. The molecule has 0 fully saturated rings. The van der Waals surface area contributed by atoms with E-state index < -0.39 is 5.97 Å². The van der Waals surface area contributed by atoms with E-state index >= 15 is 0 Å². The van der Waals surface area contributed by atoms with Crippen LogP contribution in [0.5, 0.6) is 17.2 Å². The van der Waals surface area contributed by atoms with Crippen molar-refractivity contribution < 1.29 is 23.7 Å². The van der Waals surface area contributed by atoms with Gasteiger partial charge in [-0.05, 0) is 42.3 Å². The number of carbonyl (C=O) groups excluding carboxylic acids is 1. The van der Waals surface area contributed by atoms with Crippen LogP contribution in [0.3, 0.4) is 0 Å². The van der Waals surface area contributed by atoms with Crippen molar-refractivity contribution in [1.29, 1.82) is 0 Å². The molecule has 9 heteroatoms. The second-order valence-electron chi connectivity index (χ2n) is 6.26. The number of hydrogen-bond donors (Lipinski definition) is 2. The smallest absolute Gasteiger partial charge is 0.341 e. The molecule has 0 heterocycles. The number of methoxy groups -OCH3 is 4. The van der Waals surface area contributed by atoms with E-state index in [1.165, 1.54) is 14.2 Å². The Hall–Kier alpha value is -2.69. The van der Waals surface area contributed by atoms with Crippen LogP contribution in [0.25, 0.3) is 0 Å². The van der Waals surface area contributed by atoms with E-state index in [2.05, 4.69) is 15.6 Å². The Labute approximate surface area is 200 Å². The number of aliphatic imine (C=N–C) groups is 1. The number of carbonyl (C=O) groups is 1. The van der Waals surface area contributed by atoms with Crippen molar-refractivity contribution in [2.45, 2.75) is 20.0 Å². The molecule has 0 aliphatic carbocycles. The molecule has 0 aliphatic rings. The van der Waals surface area contributed by atoms with E-state index in [1.807, 2.05) is 31.2 Å². The lowest BCUT2D eigenvalue weighted by Gasteiger charge is -2.13. The van der Waals surface area contributed by atoms with Crippen LogP contribution in [0.15, 0.2) is 41.4 Å². The summed E-state index contributed by atoms with van der Waals surface area (Å²) in [5.41, 5.74) is 2.26. The molecule has 8 nitrogen and oxygen atoms in total. The van der Waals surface area contributed by atoms with Crippen LogP contribution in [0.2, 0.25) is 0 Å². The molecule has 0 aliphatic heterocycles. The van der Waals surface area contributed by atoms with Crippen LogP contribution < -0.4 is 24.8 Å². The van der Waals surface area contributed by atoms with E-state index in [-0.39, 0.29) is 24.0 Å². The number of guanidine groups is 1. The molecule has 2 aromatic rings. The van der Waals surface area contributed by atoms with Gasteiger partial charge in [0.25, 0.3) is 0 Å². The van der Waals surface area contributed by atoms with Crippen molar-refractivity contribution in [2.24, 2.45) is 4.99 Å². The maximum absolute atomic E-state index is 12.0. The molecule has 0 atom stereocenters. The summed E-state index contributed by atoms with van der Waals surface area (Å²) in [4.78, 5) is 16.6. The number of nitrogens with one attached hydrogen (secondary N) is 2. The normalized spacial score (nSPS) is 10.5. The predicted molar refractivity (Wildman–Crippen MR) is 131 cm³/mol. The standard InChI is InChI=1S/C22H29N3O5.HI/c1-6-23-22(25-14-16-8-10-19(28-3)20(12-16)29-4)24-13-15-7-9-18(27-2)17(11-15)21(26)30-5;/h7-12H,6,13-14H2,1-5H3,(H2,23,24,25);1H. The van der Waals surface area contributed by atoms with Gasteiger partial charge in [0, 0.05) is 13.1 Å². The first-order valence-corrected chi connectivity index (χ1v) is 9.54. The number of ether oxygens (including phenoxy) is 4. The van der Waals surface area contributed by atoms with Crippen LogP contribution in [0.1, 0.15) is 28.4 Å². The van der Waals surface area contributed by atoms with Crippen LogP contribution in [-0.4, -0.2) is 46.9 Å². The summed E-state index contributed by atoms with van der Waals surface area (Å²) in [5.74, 6) is 2.03. The molecule has 2 aromatic carbocycles. The van der Waals surface area contributed by atoms with Gasteiger partial charge in [0.1, 0.15) is 11.3 Å². The molecule has 0 amide bonds. The molecule has 31 heavy (non-hydrogen) atoms. The lowest BCUT2D eigenvalue weighted by molar-refractivity contribution is 0.0597. The molecule has 0 saturated heterocycles. The average Bonchev–Trinajstić information content (AvgIpc) is 2.79. The quantitative estimate of drug-likeness (QED) is 0.217. The number of benzene rings is 2. The number of halogens is 1. The van der Waals surface area contributed by atoms with E-state index in [9.17, 15) is 4.79 Å². The second-order valence-corrected chi connectivity index (χ2v) is 6.26. The molecule has 0 bridgehead atoms. The van der Waals surface area contributed by atoms with Gasteiger partial charge in [-0.2, -0.15) is 0 Å². The molecule has 0 spiro atoms. The summed E-state index contributed by atoms with van der Waals surface area (Å²) in [7, 11) is 6.07. The summed E-state index contributed by atoms with van der Waals surface area (Å²) in [6.07, 6.45) is 0. The van der Waals surface area contributed by atoms with Gasteiger partial charge >= 0.3 is 5.97 Å². The number of nitrogens with zero attached hydrogens (tertiary/aromatic N) is 1. The van der Waals surface area contributed by atoms with E-state index in [1.54, 1.807) is 26.4 Å². The molecule has 170 valence electrons. The van der Waals surface area contributed by atoms with Crippen LogP contribution in [-0.2, 0) is 17.8 Å². The third kappa shape index (κ3) is 7.50. The molecule has 0 unspecified atom stereocenters. The highest BCUT2D eigenvalue weighted by molar-refractivity contribution is 14.0.